The van der Waals surface area contributed by atoms with Gasteiger partial charge in [0.05, 0.1) is 43.5 Å². The maximum absolute atomic E-state index is 5.57. The summed E-state index contributed by atoms with van der Waals surface area (Å²) in [6.07, 6.45) is 0. The number of hydrogen-bond donors (Lipinski definition) is 1. The number of hydrogen-bond acceptors (Lipinski definition) is 5. The van der Waals surface area contributed by atoms with Gasteiger partial charge in [0.15, 0.2) is 0 Å². The summed E-state index contributed by atoms with van der Waals surface area (Å²) in [6.45, 7) is 6.86. The predicted molar refractivity (Wildman–Crippen MR) is 102 cm³/mol. The third-order valence-corrected chi connectivity index (χ3v) is 4.75. The van der Waals surface area contributed by atoms with Crippen LogP contribution < -0.4 is 15.1 Å². The van der Waals surface area contributed by atoms with Crippen LogP contribution in [-0.2, 0) is 9.47 Å². The molecule has 0 bridgehead atoms. The van der Waals surface area contributed by atoms with Gasteiger partial charge in [-0.05, 0) is 24.3 Å². The third-order valence-electron chi connectivity index (χ3n) is 4.75. The van der Waals surface area contributed by atoms with Crippen molar-refractivity contribution in [1.29, 1.82) is 0 Å². The number of rotatable bonds is 4. The van der Waals surface area contributed by atoms with Crippen molar-refractivity contribution in [3.05, 3.63) is 48.5 Å². The third kappa shape index (κ3) is 3.72. The van der Waals surface area contributed by atoms with Gasteiger partial charge in [-0.15, -0.1) is 0 Å². The van der Waals surface area contributed by atoms with E-state index in [1.807, 2.05) is 6.07 Å². The summed E-state index contributed by atoms with van der Waals surface area (Å²) in [5, 5.41) is 3.61. The Morgan fingerprint density at radius 1 is 0.680 bits per heavy atom. The van der Waals surface area contributed by atoms with Crippen molar-refractivity contribution in [3.63, 3.8) is 0 Å². The Labute approximate surface area is 149 Å². The quantitative estimate of drug-likeness (QED) is 0.926. The van der Waals surface area contributed by atoms with E-state index < -0.39 is 0 Å². The number of benzene rings is 2. The van der Waals surface area contributed by atoms with Crippen LogP contribution in [-0.4, -0.2) is 52.6 Å². The van der Waals surface area contributed by atoms with E-state index in [2.05, 4.69) is 57.6 Å². The normalized spacial score (nSPS) is 18.2. The minimum absolute atomic E-state index is 0.780. The lowest BCUT2D eigenvalue weighted by Crippen LogP contribution is -2.40. The molecule has 2 saturated heterocycles. The van der Waals surface area contributed by atoms with Gasteiger partial charge in [-0.1, -0.05) is 24.3 Å². The highest BCUT2D eigenvalue weighted by Gasteiger charge is 2.23. The summed E-state index contributed by atoms with van der Waals surface area (Å²) in [5.41, 5.74) is 4.82. The molecule has 25 heavy (non-hydrogen) atoms. The molecule has 2 aliphatic heterocycles. The van der Waals surface area contributed by atoms with Crippen molar-refractivity contribution in [2.45, 2.75) is 0 Å². The standard InChI is InChI=1S/C20H25N3O2/c1-2-5-17(6-3-1)21-18-7-4-8-19(22-9-13-24-14-10-22)20(18)23-11-15-25-16-12-23/h1-8,21H,9-16H2. The second-order valence-electron chi connectivity index (χ2n) is 6.36. The molecule has 5 nitrogen and oxygen atoms in total. The van der Waals surface area contributed by atoms with Crippen LogP contribution in [0.25, 0.3) is 0 Å². The molecule has 0 spiro atoms. The minimum Gasteiger partial charge on any atom is -0.378 e. The van der Waals surface area contributed by atoms with Gasteiger partial charge in [0.2, 0.25) is 0 Å². The Balaban J connectivity index is 1.71. The summed E-state index contributed by atoms with van der Waals surface area (Å²) < 4.78 is 11.1. The average Bonchev–Trinajstić information content (AvgIpc) is 2.70. The van der Waals surface area contributed by atoms with E-state index in [4.69, 9.17) is 9.47 Å². The summed E-state index contributed by atoms with van der Waals surface area (Å²) in [5.74, 6) is 0. The van der Waals surface area contributed by atoms with Gasteiger partial charge in [-0.3, -0.25) is 0 Å². The maximum Gasteiger partial charge on any atom is 0.0844 e. The minimum atomic E-state index is 0.780. The SMILES string of the molecule is c1ccc(Nc2cccc(N3CCOCC3)c2N2CCOCC2)cc1. The predicted octanol–water partition coefficient (Wildman–Crippen LogP) is 3.10. The monoisotopic (exact) mass is 339 g/mol. The topological polar surface area (TPSA) is 37.0 Å². The molecule has 2 aromatic rings. The van der Waals surface area contributed by atoms with Crippen LogP contribution in [0.4, 0.5) is 22.7 Å². The van der Waals surface area contributed by atoms with E-state index >= 15 is 0 Å². The first kappa shape index (κ1) is 16.2. The molecule has 2 heterocycles. The van der Waals surface area contributed by atoms with Crippen molar-refractivity contribution < 1.29 is 9.47 Å². The Morgan fingerprint density at radius 3 is 2.00 bits per heavy atom. The second kappa shape index (κ2) is 7.76. The van der Waals surface area contributed by atoms with Gasteiger partial charge in [0, 0.05) is 31.9 Å². The Kier molecular flexibility index (Phi) is 5.04. The highest BCUT2D eigenvalue weighted by atomic mass is 16.5. The first-order chi connectivity index (χ1) is 12.4. The Morgan fingerprint density at radius 2 is 1.32 bits per heavy atom. The average molecular weight is 339 g/mol. The highest BCUT2D eigenvalue weighted by molar-refractivity contribution is 5.86. The molecule has 0 unspecified atom stereocenters. The van der Waals surface area contributed by atoms with E-state index in [9.17, 15) is 0 Å². The first-order valence-electron chi connectivity index (χ1n) is 9.02. The van der Waals surface area contributed by atoms with E-state index in [0.717, 1.165) is 64.0 Å². The number of anilines is 4. The van der Waals surface area contributed by atoms with E-state index in [1.165, 1.54) is 11.4 Å². The van der Waals surface area contributed by atoms with E-state index in [0.29, 0.717) is 0 Å². The molecule has 5 heteroatoms. The fourth-order valence-electron chi connectivity index (χ4n) is 3.49. The van der Waals surface area contributed by atoms with Crippen molar-refractivity contribution in [2.24, 2.45) is 0 Å². The molecule has 0 amide bonds. The van der Waals surface area contributed by atoms with Gasteiger partial charge < -0.3 is 24.6 Å². The van der Waals surface area contributed by atoms with E-state index in [-0.39, 0.29) is 0 Å². The first-order valence-corrected chi connectivity index (χ1v) is 9.02. The fourth-order valence-corrected chi connectivity index (χ4v) is 3.49. The zero-order valence-corrected chi connectivity index (χ0v) is 14.5. The van der Waals surface area contributed by atoms with Crippen LogP contribution in [0.5, 0.6) is 0 Å². The molecule has 0 radical (unpaired) electrons. The van der Waals surface area contributed by atoms with Crippen LogP contribution in [0, 0.1) is 0 Å². The molecule has 2 aliphatic rings. The van der Waals surface area contributed by atoms with Crippen molar-refractivity contribution in [3.8, 4) is 0 Å². The smallest absolute Gasteiger partial charge is 0.0844 e. The summed E-state index contributed by atoms with van der Waals surface area (Å²) in [6, 6.07) is 16.9. The maximum atomic E-state index is 5.57. The lowest BCUT2D eigenvalue weighted by Gasteiger charge is -2.37. The largest absolute Gasteiger partial charge is 0.378 e. The second-order valence-corrected chi connectivity index (χ2v) is 6.36. The van der Waals surface area contributed by atoms with E-state index in [1.54, 1.807) is 0 Å². The number of nitrogens with zero attached hydrogens (tertiary/aromatic N) is 2. The summed E-state index contributed by atoms with van der Waals surface area (Å²) in [7, 11) is 0. The molecule has 2 aromatic carbocycles. The number of para-hydroxylation sites is 2. The molecule has 0 aromatic heterocycles. The van der Waals surface area contributed by atoms with Crippen molar-refractivity contribution in [2.75, 3.05) is 67.7 Å². The van der Waals surface area contributed by atoms with Gasteiger partial charge in [-0.25, -0.2) is 0 Å². The number of morpholine rings is 2. The van der Waals surface area contributed by atoms with Crippen molar-refractivity contribution >= 4 is 22.7 Å². The summed E-state index contributed by atoms with van der Waals surface area (Å²) in [4.78, 5) is 4.88. The molecule has 0 aliphatic carbocycles. The van der Waals surface area contributed by atoms with Crippen LogP contribution in [0.3, 0.4) is 0 Å². The van der Waals surface area contributed by atoms with Crippen LogP contribution in [0.15, 0.2) is 48.5 Å². The molecule has 132 valence electrons. The zero-order chi connectivity index (χ0) is 16.9. The molecule has 0 saturated carbocycles. The molecule has 2 fully saturated rings. The molecule has 1 N–H and O–H groups in total. The number of nitrogens with one attached hydrogen (secondary N) is 1. The molecule has 4 rings (SSSR count). The Bertz CT molecular complexity index is 681. The lowest BCUT2D eigenvalue weighted by atomic mass is 10.1. The summed E-state index contributed by atoms with van der Waals surface area (Å²) >= 11 is 0. The molecule has 0 atom stereocenters. The fraction of sp³-hybridized carbons (Fsp3) is 0.400. The lowest BCUT2D eigenvalue weighted by molar-refractivity contribution is 0.121. The highest BCUT2D eigenvalue weighted by Crippen LogP contribution is 2.39. The van der Waals surface area contributed by atoms with Gasteiger partial charge in [0.25, 0.3) is 0 Å². The molecular formula is C20H25N3O2. The van der Waals surface area contributed by atoms with Crippen LogP contribution >= 0.6 is 0 Å². The van der Waals surface area contributed by atoms with Crippen LogP contribution in [0.2, 0.25) is 0 Å². The van der Waals surface area contributed by atoms with Gasteiger partial charge in [0.1, 0.15) is 0 Å². The zero-order valence-electron chi connectivity index (χ0n) is 14.5. The van der Waals surface area contributed by atoms with Gasteiger partial charge >= 0.3 is 0 Å². The molecular weight excluding hydrogens is 314 g/mol. The van der Waals surface area contributed by atoms with Crippen molar-refractivity contribution in [1.82, 2.24) is 0 Å². The van der Waals surface area contributed by atoms with Crippen LogP contribution in [0.1, 0.15) is 0 Å². The Hall–Kier alpha value is -2.24. The van der Waals surface area contributed by atoms with Gasteiger partial charge in [-0.2, -0.15) is 0 Å². The number of ether oxygens (including phenoxy) is 2.